The van der Waals surface area contributed by atoms with Gasteiger partial charge >= 0.3 is 0 Å². The quantitative estimate of drug-likeness (QED) is 0.758. The Kier molecular flexibility index (Phi) is 2.77. The van der Waals surface area contributed by atoms with Gasteiger partial charge in [0.1, 0.15) is 5.75 Å². The lowest BCUT2D eigenvalue weighted by Gasteiger charge is -2.27. The smallest absolute Gasteiger partial charge is 0.229 e. The molecule has 3 nitrogen and oxygen atoms in total. The Bertz CT molecular complexity index is 496. The van der Waals surface area contributed by atoms with Gasteiger partial charge in [0.25, 0.3) is 0 Å². The summed E-state index contributed by atoms with van der Waals surface area (Å²) in [6.07, 6.45) is 4.10. The van der Waals surface area contributed by atoms with Gasteiger partial charge in [-0.05, 0) is 42.9 Å². The van der Waals surface area contributed by atoms with Crippen LogP contribution in [0.15, 0.2) is 12.1 Å². The highest BCUT2D eigenvalue weighted by molar-refractivity contribution is 5.85. The number of aryl methyl sites for hydroxylation is 1. The second kappa shape index (κ2) is 4.30. The fourth-order valence-corrected chi connectivity index (χ4v) is 3.34. The zero-order chi connectivity index (χ0) is 12.7. The molecule has 1 aliphatic heterocycles. The molecular formula is C15H19NO2. The largest absolute Gasteiger partial charge is 0.496 e. The molecule has 0 bridgehead atoms. The van der Waals surface area contributed by atoms with Crippen LogP contribution >= 0.6 is 0 Å². The van der Waals surface area contributed by atoms with Gasteiger partial charge in [-0.2, -0.15) is 0 Å². The third-order valence-corrected chi connectivity index (χ3v) is 4.28. The lowest BCUT2D eigenvalue weighted by atomic mass is 9.79. The molecule has 0 radical (unpaired) electrons. The summed E-state index contributed by atoms with van der Waals surface area (Å²) in [5, 5.41) is 0. The number of ether oxygens (including phenoxy) is 1. The molecule has 1 aromatic rings. The molecule has 1 amide bonds. The van der Waals surface area contributed by atoms with E-state index in [1.807, 2.05) is 11.9 Å². The van der Waals surface area contributed by atoms with Crippen molar-refractivity contribution >= 4 is 5.91 Å². The standard InChI is InChI=1S/C15H19NO2/c1-16-9-8-11-13(18-2)7-6-10-4-3-5-12(14(10)11)15(16)17/h6-7,12H,3-5,8-9H2,1-2H3. The van der Waals surface area contributed by atoms with Crippen LogP contribution < -0.4 is 4.74 Å². The van der Waals surface area contributed by atoms with E-state index in [0.29, 0.717) is 0 Å². The van der Waals surface area contributed by atoms with Gasteiger partial charge in [-0.25, -0.2) is 0 Å². The van der Waals surface area contributed by atoms with Crippen LogP contribution in [0.1, 0.15) is 35.4 Å². The fraction of sp³-hybridized carbons (Fsp3) is 0.533. The number of carbonyl (C=O) groups is 1. The molecular weight excluding hydrogens is 226 g/mol. The van der Waals surface area contributed by atoms with E-state index >= 15 is 0 Å². The minimum atomic E-state index is 0.0614. The van der Waals surface area contributed by atoms with E-state index < -0.39 is 0 Å². The highest BCUT2D eigenvalue weighted by atomic mass is 16.5. The maximum absolute atomic E-state index is 12.4. The molecule has 3 rings (SSSR count). The first kappa shape index (κ1) is 11.6. The summed E-state index contributed by atoms with van der Waals surface area (Å²) in [7, 11) is 3.63. The molecule has 96 valence electrons. The minimum Gasteiger partial charge on any atom is -0.496 e. The summed E-state index contributed by atoms with van der Waals surface area (Å²) in [5.41, 5.74) is 3.89. The van der Waals surface area contributed by atoms with Gasteiger partial charge in [-0.15, -0.1) is 0 Å². The highest BCUT2D eigenvalue weighted by Crippen LogP contribution is 2.40. The Balaban J connectivity index is 2.20. The minimum absolute atomic E-state index is 0.0614. The molecule has 0 spiro atoms. The summed E-state index contributed by atoms with van der Waals surface area (Å²) in [6.45, 7) is 0.794. The van der Waals surface area contributed by atoms with E-state index in [0.717, 1.165) is 38.0 Å². The van der Waals surface area contributed by atoms with Crippen molar-refractivity contribution in [3.05, 3.63) is 28.8 Å². The first-order valence-electron chi connectivity index (χ1n) is 6.66. The molecule has 1 atom stereocenters. The maximum Gasteiger partial charge on any atom is 0.229 e. The molecule has 2 aliphatic rings. The zero-order valence-electron chi connectivity index (χ0n) is 11.0. The Morgan fingerprint density at radius 2 is 2.17 bits per heavy atom. The number of hydrogen-bond donors (Lipinski definition) is 0. The van der Waals surface area contributed by atoms with Crippen LogP contribution in [0.5, 0.6) is 5.75 Å². The van der Waals surface area contributed by atoms with Crippen LogP contribution in [0.2, 0.25) is 0 Å². The van der Waals surface area contributed by atoms with Gasteiger partial charge in [-0.3, -0.25) is 4.79 Å². The SMILES string of the molecule is COc1ccc2c3c1CCN(C)C(=O)C3CCC2. The van der Waals surface area contributed by atoms with E-state index in [9.17, 15) is 4.79 Å². The molecule has 18 heavy (non-hydrogen) atoms. The number of amides is 1. The van der Waals surface area contributed by atoms with Crippen LogP contribution in [0.25, 0.3) is 0 Å². The molecule has 1 aromatic carbocycles. The van der Waals surface area contributed by atoms with Gasteiger partial charge in [0, 0.05) is 19.2 Å². The second-order valence-corrected chi connectivity index (χ2v) is 5.27. The summed E-state index contributed by atoms with van der Waals surface area (Å²) >= 11 is 0. The zero-order valence-corrected chi connectivity index (χ0v) is 11.0. The number of rotatable bonds is 1. The van der Waals surface area contributed by atoms with Crippen molar-refractivity contribution in [2.24, 2.45) is 0 Å². The fourth-order valence-electron chi connectivity index (χ4n) is 3.34. The third-order valence-electron chi connectivity index (χ3n) is 4.28. The Morgan fingerprint density at radius 1 is 1.33 bits per heavy atom. The number of likely N-dealkylation sites (N-methyl/N-ethyl adjacent to an activating group) is 1. The normalized spacial score (nSPS) is 22.4. The lowest BCUT2D eigenvalue weighted by Crippen LogP contribution is -2.32. The predicted octanol–water partition coefficient (Wildman–Crippen LogP) is 2.13. The summed E-state index contributed by atoms with van der Waals surface area (Å²) in [4.78, 5) is 14.3. The Morgan fingerprint density at radius 3 is 2.94 bits per heavy atom. The van der Waals surface area contributed by atoms with E-state index in [1.165, 1.54) is 16.7 Å². The van der Waals surface area contributed by atoms with Crippen LogP contribution in [0, 0.1) is 0 Å². The number of nitrogens with zero attached hydrogens (tertiary/aromatic N) is 1. The molecule has 0 saturated heterocycles. The van der Waals surface area contributed by atoms with Gasteiger partial charge in [-0.1, -0.05) is 6.07 Å². The third kappa shape index (κ3) is 1.61. The van der Waals surface area contributed by atoms with E-state index in [4.69, 9.17) is 4.74 Å². The Labute approximate surface area is 108 Å². The molecule has 1 unspecified atom stereocenters. The predicted molar refractivity (Wildman–Crippen MR) is 70.0 cm³/mol. The van der Waals surface area contributed by atoms with Crippen molar-refractivity contribution in [2.75, 3.05) is 20.7 Å². The average Bonchev–Trinajstić information content (AvgIpc) is 2.53. The van der Waals surface area contributed by atoms with Gasteiger partial charge in [0.05, 0.1) is 13.0 Å². The molecule has 3 heteroatoms. The molecule has 0 saturated carbocycles. The van der Waals surface area contributed by atoms with Crippen molar-refractivity contribution in [2.45, 2.75) is 31.6 Å². The van der Waals surface area contributed by atoms with Gasteiger partial charge in [0.15, 0.2) is 0 Å². The second-order valence-electron chi connectivity index (χ2n) is 5.27. The number of carbonyl (C=O) groups excluding carboxylic acids is 1. The van der Waals surface area contributed by atoms with E-state index in [2.05, 4.69) is 12.1 Å². The van der Waals surface area contributed by atoms with Gasteiger partial charge in [0.2, 0.25) is 5.91 Å². The van der Waals surface area contributed by atoms with Crippen LogP contribution in [-0.4, -0.2) is 31.5 Å². The van der Waals surface area contributed by atoms with Gasteiger partial charge < -0.3 is 9.64 Å². The Hall–Kier alpha value is -1.51. The average molecular weight is 245 g/mol. The number of hydrogen-bond acceptors (Lipinski definition) is 2. The van der Waals surface area contributed by atoms with E-state index in [-0.39, 0.29) is 11.8 Å². The van der Waals surface area contributed by atoms with Crippen LogP contribution in [0.4, 0.5) is 0 Å². The molecule has 0 N–H and O–H groups in total. The number of methoxy groups -OCH3 is 1. The summed E-state index contributed by atoms with van der Waals surface area (Å²) < 4.78 is 5.48. The molecule has 0 fully saturated rings. The van der Waals surface area contributed by atoms with E-state index in [1.54, 1.807) is 7.11 Å². The molecule has 0 aromatic heterocycles. The van der Waals surface area contributed by atoms with Crippen molar-refractivity contribution in [3.8, 4) is 5.75 Å². The van der Waals surface area contributed by atoms with Crippen molar-refractivity contribution in [1.82, 2.24) is 4.90 Å². The first-order valence-corrected chi connectivity index (χ1v) is 6.66. The topological polar surface area (TPSA) is 29.5 Å². The van der Waals surface area contributed by atoms with Crippen molar-refractivity contribution < 1.29 is 9.53 Å². The monoisotopic (exact) mass is 245 g/mol. The van der Waals surface area contributed by atoms with Crippen LogP contribution in [0.3, 0.4) is 0 Å². The summed E-state index contributed by atoms with van der Waals surface area (Å²) in [6, 6.07) is 4.20. The van der Waals surface area contributed by atoms with Crippen LogP contribution in [-0.2, 0) is 17.6 Å². The highest BCUT2D eigenvalue weighted by Gasteiger charge is 2.34. The maximum atomic E-state index is 12.4. The molecule has 1 heterocycles. The summed E-state index contributed by atoms with van der Waals surface area (Å²) in [5.74, 6) is 1.29. The van der Waals surface area contributed by atoms with Crippen molar-refractivity contribution in [1.29, 1.82) is 0 Å². The lowest BCUT2D eigenvalue weighted by molar-refractivity contribution is -0.131. The number of benzene rings is 1. The first-order chi connectivity index (χ1) is 8.72. The molecule has 1 aliphatic carbocycles. The van der Waals surface area contributed by atoms with Crippen molar-refractivity contribution in [3.63, 3.8) is 0 Å².